The van der Waals surface area contributed by atoms with E-state index in [0.29, 0.717) is 5.92 Å². The molecular weight excluding hydrogens is 675 g/mol. The lowest BCUT2D eigenvalue weighted by Gasteiger charge is -2.33. The Bertz CT molecular complexity index is 2850. The van der Waals surface area contributed by atoms with Gasteiger partial charge in [0.2, 0.25) is 0 Å². The minimum Gasteiger partial charge on any atom is -0.310 e. The summed E-state index contributed by atoms with van der Waals surface area (Å²) in [5.74, 6) is 0.674. The van der Waals surface area contributed by atoms with Crippen LogP contribution >= 0.6 is 0 Å². The maximum Gasteiger partial charge on any atom is 0.0726 e. The topological polar surface area (TPSA) is 3.24 Å². The van der Waals surface area contributed by atoms with E-state index in [1.807, 2.05) is 0 Å². The molecule has 1 nitrogen and oxygen atoms in total. The molecule has 8 aromatic carbocycles. The van der Waals surface area contributed by atoms with Gasteiger partial charge < -0.3 is 4.90 Å². The van der Waals surface area contributed by atoms with Crippen LogP contribution in [0.5, 0.6) is 0 Å². The summed E-state index contributed by atoms with van der Waals surface area (Å²) in [6.45, 7) is 4.75. The van der Waals surface area contributed by atoms with E-state index in [4.69, 9.17) is 0 Å². The minimum atomic E-state index is -0.400. The van der Waals surface area contributed by atoms with Crippen molar-refractivity contribution < 1.29 is 0 Å². The molecule has 0 atom stereocenters. The average molecular weight is 716 g/mol. The zero-order valence-electron chi connectivity index (χ0n) is 31.8. The summed E-state index contributed by atoms with van der Waals surface area (Å²) in [6.07, 6.45) is 2.58. The standard InChI is InChI=1S/C55H41N/c1-54(2)48-17-9-6-14-42(48)45-30-27-40(33-51(45)54)56(39-25-22-36(23-26-39)35-12-4-3-5-13-35)41-28-31-47-46-29-24-38(37-20-21-37)32-52(46)55(53(47)34-41)49-18-10-7-15-43(49)44-16-8-11-19-50(44)55/h3-19,22-34,37H,20-21H2,1-2H3. The van der Waals surface area contributed by atoms with Crippen LogP contribution in [0.25, 0.3) is 44.5 Å². The fraction of sp³-hybridized carbons (Fsp3) is 0.127. The molecule has 0 saturated heterocycles. The molecule has 1 saturated carbocycles. The number of anilines is 3. The van der Waals surface area contributed by atoms with Crippen LogP contribution in [-0.2, 0) is 10.8 Å². The predicted molar refractivity (Wildman–Crippen MR) is 232 cm³/mol. The average Bonchev–Trinajstić information content (AvgIpc) is 3.97. The van der Waals surface area contributed by atoms with Gasteiger partial charge >= 0.3 is 0 Å². The van der Waals surface area contributed by atoms with E-state index in [9.17, 15) is 0 Å². The fourth-order valence-electron chi connectivity index (χ4n) is 10.7. The molecule has 8 aromatic rings. The highest BCUT2D eigenvalue weighted by molar-refractivity contribution is 5.97. The third-order valence-corrected chi connectivity index (χ3v) is 13.5. The van der Waals surface area contributed by atoms with Gasteiger partial charge in [0.1, 0.15) is 0 Å². The van der Waals surface area contributed by atoms with Gasteiger partial charge in [-0.25, -0.2) is 0 Å². The molecular formula is C55H41N. The quantitative estimate of drug-likeness (QED) is 0.171. The second-order valence-electron chi connectivity index (χ2n) is 16.8. The van der Waals surface area contributed by atoms with Gasteiger partial charge in [-0.15, -0.1) is 0 Å². The van der Waals surface area contributed by atoms with Crippen LogP contribution < -0.4 is 4.90 Å². The summed E-state index contributed by atoms with van der Waals surface area (Å²) in [5, 5.41) is 0. The highest BCUT2D eigenvalue weighted by Gasteiger charge is 2.52. The first kappa shape index (κ1) is 31.9. The van der Waals surface area contributed by atoms with Crippen LogP contribution in [0, 0.1) is 0 Å². The second kappa shape index (κ2) is 11.5. The maximum atomic E-state index is 2.58. The normalized spacial score (nSPS) is 15.8. The van der Waals surface area contributed by atoms with E-state index < -0.39 is 5.41 Å². The van der Waals surface area contributed by atoms with Gasteiger partial charge in [-0.1, -0.05) is 159 Å². The highest BCUT2D eigenvalue weighted by atomic mass is 15.1. The Kier molecular flexibility index (Phi) is 6.57. The van der Waals surface area contributed by atoms with Gasteiger partial charge in [0.15, 0.2) is 0 Å². The van der Waals surface area contributed by atoms with Gasteiger partial charge in [0, 0.05) is 22.5 Å². The number of rotatable bonds is 5. The summed E-state index contributed by atoms with van der Waals surface area (Å²) in [6, 6.07) is 69.0. The van der Waals surface area contributed by atoms with E-state index in [1.54, 1.807) is 0 Å². The van der Waals surface area contributed by atoms with Crippen molar-refractivity contribution in [1.29, 1.82) is 0 Å². The largest absolute Gasteiger partial charge is 0.310 e. The third kappa shape index (κ3) is 4.32. The Morgan fingerprint density at radius 1 is 0.375 bits per heavy atom. The van der Waals surface area contributed by atoms with Crippen LogP contribution in [0.1, 0.15) is 71.6 Å². The van der Waals surface area contributed by atoms with E-state index in [2.05, 4.69) is 201 Å². The van der Waals surface area contributed by atoms with Crippen LogP contribution in [0.2, 0.25) is 0 Å². The van der Waals surface area contributed by atoms with Gasteiger partial charge in [0.25, 0.3) is 0 Å². The van der Waals surface area contributed by atoms with Crippen molar-refractivity contribution in [3.63, 3.8) is 0 Å². The van der Waals surface area contributed by atoms with Crippen molar-refractivity contribution >= 4 is 17.1 Å². The molecule has 0 N–H and O–H groups in total. The Morgan fingerprint density at radius 2 is 0.821 bits per heavy atom. The third-order valence-electron chi connectivity index (χ3n) is 13.5. The SMILES string of the molecule is CC1(C)c2ccccc2-c2ccc(N(c3ccc(-c4ccccc4)cc3)c3ccc4c(c3)C3(c5ccccc5-c5ccccc53)c3cc(C5CC5)ccc3-4)cc21. The molecule has 0 bridgehead atoms. The van der Waals surface area contributed by atoms with Crippen LogP contribution in [0.15, 0.2) is 182 Å². The molecule has 0 heterocycles. The highest BCUT2D eigenvalue weighted by Crippen LogP contribution is 2.64. The summed E-state index contributed by atoms with van der Waals surface area (Å²) in [4.78, 5) is 2.49. The molecule has 1 spiro atoms. The number of fused-ring (bicyclic) bond motifs is 13. The maximum absolute atomic E-state index is 2.58. The van der Waals surface area contributed by atoms with Crippen LogP contribution in [-0.4, -0.2) is 0 Å². The van der Waals surface area contributed by atoms with Gasteiger partial charge in [-0.3, -0.25) is 0 Å². The lowest BCUT2D eigenvalue weighted by Crippen LogP contribution is -2.26. The molecule has 0 aliphatic heterocycles. The molecule has 0 aromatic heterocycles. The van der Waals surface area contributed by atoms with E-state index >= 15 is 0 Å². The Balaban J connectivity index is 1.10. The van der Waals surface area contributed by atoms with Gasteiger partial charge in [-0.2, -0.15) is 0 Å². The van der Waals surface area contributed by atoms with Gasteiger partial charge in [-0.05, 0) is 139 Å². The smallest absolute Gasteiger partial charge is 0.0726 e. The molecule has 12 rings (SSSR count). The molecule has 266 valence electrons. The van der Waals surface area contributed by atoms with Crippen molar-refractivity contribution in [2.75, 3.05) is 4.90 Å². The molecule has 0 radical (unpaired) electrons. The zero-order chi connectivity index (χ0) is 37.2. The molecule has 56 heavy (non-hydrogen) atoms. The number of benzene rings is 8. The van der Waals surface area contributed by atoms with Crippen LogP contribution in [0.3, 0.4) is 0 Å². The number of nitrogens with zero attached hydrogens (tertiary/aromatic N) is 1. The minimum absolute atomic E-state index is 0.106. The lowest BCUT2D eigenvalue weighted by atomic mass is 9.70. The van der Waals surface area contributed by atoms with Crippen molar-refractivity contribution in [2.24, 2.45) is 0 Å². The Morgan fingerprint density at radius 3 is 1.45 bits per heavy atom. The molecule has 0 unspecified atom stereocenters. The Labute approximate surface area is 329 Å². The first-order valence-electron chi connectivity index (χ1n) is 20.2. The first-order chi connectivity index (χ1) is 27.5. The zero-order valence-corrected chi connectivity index (χ0v) is 31.8. The van der Waals surface area contributed by atoms with Crippen LogP contribution in [0.4, 0.5) is 17.1 Å². The number of hydrogen-bond donors (Lipinski definition) is 0. The first-order valence-corrected chi connectivity index (χ1v) is 20.2. The summed E-state index contributed by atoms with van der Waals surface area (Å²) < 4.78 is 0. The molecule has 4 aliphatic rings. The van der Waals surface area contributed by atoms with E-state index in [0.717, 1.165) is 5.69 Å². The van der Waals surface area contributed by atoms with Crippen molar-refractivity contribution in [1.82, 2.24) is 0 Å². The summed E-state index contributed by atoms with van der Waals surface area (Å²) in [7, 11) is 0. The van der Waals surface area contributed by atoms with Crippen molar-refractivity contribution in [2.45, 2.75) is 43.4 Å². The molecule has 0 amide bonds. The molecule has 4 aliphatic carbocycles. The Hall–Kier alpha value is -6.44. The van der Waals surface area contributed by atoms with Crippen molar-refractivity contribution in [3.05, 3.63) is 221 Å². The van der Waals surface area contributed by atoms with Gasteiger partial charge in [0.05, 0.1) is 5.41 Å². The predicted octanol–water partition coefficient (Wildman–Crippen LogP) is 14.4. The second-order valence-corrected chi connectivity index (χ2v) is 16.8. The van der Waals surface area contributed by atoms with E-state index in [1.165, 1.54) is 108 Å². The number of hydrogen-bond acceptors (Lipinski definition) is 1. The lowest BCUT2D eigenvalue weighted by molar-refractivity contribution is 0.660. The molecule has 1 fully saturated rings. The molecule has 1 heteroatoms. The van der Waals surface area contributed by atoms with Crippen molar-refractivity contribution in [3.8, 4) is 44.5 Å². The fourth-order valence-corrected chi connectivity index (χ4v) is 10.7. The monoisotopic (exact) mass is 715 g/mol. The summed E-state index contributed by atoms with van der Waals surface area (Å²) >= 11 is 0. The van der Waals surface area contributed by atoms with E-state index in [-0.39, 0.29) is 5.41 Å². The summed E-state index contributed by atoms with van der Waals surface area (Å²) in [5.41, 5.74) is 23.3.